The smallest absolute Gasteiger partial charge is 0.0409 e. The lowest BCUT2D eigenvalue weighted by Gasteiger charge is -2.25. The number of rotatable bonds is 3. The highest BCUT2D eigenvalue weighted by atomic mass is 35.5. The number of nitrogens with zero attached hydrogens (tertiary/aromatic N) is 1. The summed E-state index contributed by atoms with van der Waals surface area (Å²) in [5, 5.41) is 4.62. The molecule has 3 rings (SSSR count). The quantitative estimate of drug-likeness (QED) is 0.902. The third-order valence-corrected chi connectivity index (χ3v) is 4.65. The number of hydrogen-bond acceptors (Lipinski definition) is 2. The number of fused-ring (bicyclic) bond motifs is 1. The summed E-state index contributed by atoms with van der Waals surface area (Å²) in [7, 11) is 0. The maximum Gasteiger partial charge on any atom is 0.0409 e. The van der Waals surface area contributed by atoms with E-state index in [9.17, 15) is 0 Å². The van der Waals surface area contributed by atoms with Crippen molar-refractivity contribution in [3.05, 3.63) is 34.9 Å². The molecule has 0 bridgehead atoms. The van der Waals surface area contributed by atoms with Crippen molar-refractivity contribution in [2.75, 3.05) is 13.1 Å². The molecule has 0 aliphatic carbocycles. The molecule has 1 aromatic rings. The third kappa shape index (κ3) is 2.42. The lowest BCUT2D eigenvalue weighted by atomic mass is 10.0. The summed E-state index contributed by atoms with van der Waals surface area (Å²) >= 11 is 6.06. The molecular weight excluding hydrogens is 244 g/mol. The number of hydrogen-bond donors (Lipinski definition) is 1. The van der Waals surface area contributed by atoms with Gasteiger partial charge in [-0.25, -0.2) is 0 Å². The Morgan fingerprint density at radius 3 is 3.06 bits per heavy atom. The van der Waals surface area contributed by atoms with Crippen LogP contribution >= 0.6 is 11.6 Å². The number of benzene rings is 1. The first kappa shape index (κ1) is 12.5. The zero-order valence-electron chi connectivity index (χ0n) is 10.9. The van der Waals surface area contributed by atoms with E-state index in [0.29, 0.717) is 12.1 Å². The average molecular weight is 265 g/mol. The van der Waals surface area contributed by atoms with Crippen LogP contribution in [0, 0.1) is 0 Å². The minimum atomic E-state index is 0.384. The molecule has 3 atom stereocenters. The van der Waals surface area contributed by atoms with Crippen LogP contribution in [0.1, 0.15) is 37.8 Å². The first-order chi connectivity index (χ1) is 8.74. The molecule has 2 fully saturated rings. The molecule has 0 radical (unpaired) electrons. The highest BCUT2D eigenvalue weighted by molar-refractivity contribution is 6.30. The standard InChI is InChI=1S/C15H21ClN2/c1-11(12-4-2-5-13(16)10-12)17-14-7-9-18-8-3-6-15(14)18/h2,4-5,10-11,14-15,17H,3,6-9H2,1H3/t11-,14?,15?/m1/s1. The van der Waals surface area contributed by atoms with Crippen LogP contribution in [0.15, 0.2) is 24.3 Å². The lowest BCUT2D eigenvalue weighted by Crippen LogP contribution is -2.40. The van der Waals surface area contributed by atoms with Crippen molar-refractivity contribution in [1.82, 2.24) is 10.2 Å². The van der Waals surface area contributed by atoms with Crippen LogP contribution in [0.4, 0.5) is 0 Å². The summed E-state index contributed by atoms with van der Waals surface area (Å²) < 4.78 is 0. The van der Waals surface area contributed by atoms with Crippen molar-refractivity contribution in [3.8, 4) is 0 Å². The molecule has 98 valence electrons. The Morgan fingerprint density at radius 2 is 2.22 bits per heavy atom. The van der Waals surface area contributed by atoms with Crippen LogP contribution in [0.5, 0.6) is 0 Å². The van der Waals surface area contributed by atoms with Crippen LogP contribution in [0.3, 0.4) is 0 Å². The maximum atomic E-state index is 6.06. The molecule has 0 aromatic heterocycles. The predicted molar refractivity (Wildman–Crippen MR) is 76.0 cm³/mol. The number of halogens is 1. The Labute approximate surface area is 114 Å². The van der Waals surface area contributed by atoms with E-state index in [-0.39, 0.29) is 0 Å². The maximum absolute atomic E-state index is 6.06. The monoisotopic (exact) mass is 264 g/mol. The van der Waals surface area contributed by atoms with Crippen molar-refractivity contribution in [3.63, 3.8) is 0 Å². The van der Waals surface area contributed by atoms with Crippen molar-refractivity contribution >= 4 is 11.6 Å². The largest absolute Gasteiger partial charge is 0.306 e. The van der Waals surface area contributed by atoms with Crippen LogP contribution in [-0.4, -0.2) is 30.1 Å². The molecule has 2 nitrogen and oxygen atoms in total. The Bertz CT molecular complexity index is 421. The molecule has 2 aliphatic heterocycles. The molecule has 1 N–H and O–H groups in total. The normalized spacial score (nSPS) is 29.4. The van der Waals surface area contributed by atoms with E-state index in [1.54, 1.807) is 0 Å². The fourth-order valence-corrected chi connectivity index (χ4v) is 3.67. The van der Waals surface area contributed by atoms with Crippen LogP contribution in [0.2, 0.25) is 5.02 Å². The van der Waals surface area contributed by atoms with Gasteiger partial charge in [-0.05, 0) is 50.4 Å². The van der Waals surface area contributed by atoms with Crippen LogP contribution in [0.25, 0.3) is 0 Å². The second-order valence-electron chi connectivity index (χ2n) is 5.58. The molecule has 1 aromatic carbocycles. The SMILES string of the molecule is C[C@@H](NC1CCN2CCCC12)c1cccc(Cl)c1. The summed E-state index contributed by atoms with van der Waals surface area (Å²) in [5.41, 5.74) is 1.29. The van der Waals surface area contributed by atoms with E-state index in [0.717, 1.165) is 11.1 Å². The minimum absolute atomic E-state index is 0.384. The molecule has 2 heterocycles. The first-order valence-electron chi connectivity index (χ1n) is 6.99. The van der Waals surface area contributed by atoms with Gasteiger partial charge in [0.25, 0.3) is 0 Å². The fourth-order valence-electron chi connectivity index (χ4n) is 3.47. The van der Waals surface area contributed by atoms with Gasteiger partial charge in [0, 0.05) is 29.7 Å². The van der Waals surface area contributed by atoms with E-state index in [1.807, 2.05) is 12.1 Å². The summed E-state index contributed by atoms with van der Waals surface area (Å²) in [6, 6.07) is 10.0. The number of nitrogens with one attached hydrogen (secondary N) is 1. The highest BCUT2D eigenvalue weighted by Crippen LogP contribution is 2.29. The van der Waals surface area contributed by atoms with Gasteiger partial charge in [0.05, 0.1) is 0 Å². The van der Waals surface area contributed by atoms with E-state index < -0.39 is 0 Å². The molecule has 2 saturated heterocycles. The second-order valence-corrected chi connectivity index (χ2v) is 6.02. The van der Waals surface area contributed by atoms with E-state index in [4.69, 9.17) is 11.6 Å². The molecule has 0 amide bonds. The molecule has 2 aliphatic rings. The fraction of sp³-hybridized carbons (Fsp3) is 0.600. The van der Waals surface area contributed by atoms with Crippen LogP contribution < -0.4 is 5.32 Å². The van der Waals surface area contributed by atoms with Gasteiger partial charge in [0.15, 0.2) is 0 Å². The van der Waals surface area contributed by atoms with Gasteiger partial charge < -0.3 is 5.32 Å². The molecule has 3 heteroatoms. The van der Waals surface area contributed by atoms with Crippen molar-refractivity contribution in [2.24, 2.45) is 0 Å². The van der Waals surface area contributed by atoms with E-state index in [1.165, 1.54) is 37.9 Å². The predicted octanol–water partition coefficient (Wildman–Crippen LogP) is 3.23. The lowest BCUT2D eigenvalue weighted by molar-refractivity contribution is 0.291. The summed E-state index contributed by atoms with van der Waals surface area (Å²) in [5.74, 6) is 0. The third-order valence-electron chi connectivity index (χ3n) is 4.42. The van der Waals surface area contributed by atoms with Crippen molar-refractivity contribution in [1.29, 1.82) is 0 Å². The Kier molecular flexibility index (Phi) is 3.60. The summed E-state index contributed by atoms with van der Waals surface area (Å²) in [6.45, 7) is 4.81. The second kappa shape index (κ2) is 5.20. The van der Waals surface area contributed by atoms with Gasteiger partial charge in [-0.1, -0.05) is 23.7 Å². The molecule has 0 saturated carbocycles. The topological polar surface area (TPSA) is 15.3 Å². The average Bonchev–Trinajstić information content (AvgIpc) is 2.94. The zero-order valence-corrected chi connectivity index (χ0v) is 11.7. The van der Waals surface area contributed by atoms with E-state index >= 15 is 0 Å². The van der Waals surface area contributed by atoms with Crippen molar-refractivity contribution < 1.29 is 0 Å². The van der Waals surface area contributed by atoms with Gasteiger partial charge in [-0.2, -0.15) is 0 Å². The zero-order chi connectivity index (χ0) is 12.5. The summed E-state index contributed by atoms with van der Waals surface area (Å²) in [4.78, 5) is 2.64. The van der Waals surface area contributed by atoms with Gasteiger partial charge in [-0.3, -0.25) is 4.90 Å². The minimum Gasteiger partial charge on any atom is -0.306 e. The van der Waals surface area contributed by atoms with Gasteiger partial charge in [0.1, 0.15) is 0 Å². The highest BCUT2D eigenvalue weighted by Gasteiger charge is 2.37. The molecule has 0 spiro atoms. The van der Waals surface area contributed by atoms with Crippen LogP contribution in [-0.2, 0) is 0 Å². The van der Waals surface area contributed by atoms with Crippen molar-refractivity contribution in [2.45, 2.75) is 44.3 Å². The Morgan fingerprint density at radius 1 is 1.33 bits per heavy atom. The Balaban J connectivity index is 1.66. The summed E-state index contributed by atoms with van der Waals surface area (Å²) in [6.07, 6.45) is 4.02. The van der Waals surface area contributed by atoms with E-state index in [2.05, 4.69) is 29.3 Å². The molecular formula is C15H21ClN2. The van der Waals surface area contributed by atoms with Gasteiger partial charge in [0.2, 0.25) is 0 Å². The Hall–Kier alpha value is -0.570. The van der Waals surface area contributed by atoms with Gasteiger partial charge in [-0.15, -0.1) is 0 Å². The molecule has 2 unspecified atom stereocenters. The van der Waals surface area contributed by atoms with Gasteiger partial charge >= 0.3 is 0 Å². The first-order valence-corrected chi connectivity index (χ1v) is 7.37. The molecule has 18 heavy (non-hydrogen) atoms.